The Labute approximate surface area is 210 Å². The van der Waals surface area contributed by atoms with E-state index in [1.54, 1.807) is 12.1 Å². The zero-order chi connectivity index (χ0) is 24.6. The molecule has 1 saturated carbocycles. The Hall–Kier alpha value is -3.20. The lowest BCUT2D eigenvalue weighted by Gasteiger charge is -2.42. The normalized spacial score (nSPS) is 22.9. The molecule has 1 fully saturated rings. The Morgan fingerprint density at radius 3 is 2.77 bits per heavy atom. The van der Waals surface area contributed by atoms with Crippen molar-refractivity contribution in [2.45, 2.75) is 50.7 Å². The first-order valence-electron chi connectivity index (χ1n) is 11.6. The SMILES string of the molecule is C[C@@H](CC1CCC2(CC1)OC(=O)NN=C2c1ccc(F)cc1Br)NC(=O)c1cc2ccccc2o1. The van der Waals surface area contributed by atoms with E-state index in [0.717, 1.165) is 24.6 Å². The van der Waals surface area contributed by atoms with Gasteiger partial charge in [0.15, 0.2) is 11.4 Å². The number of nitrogens with zero attached hydrogens (tertiary/aromatic N) is 1. The molecule has 2 aromatic carbocycles. The van der Waals surface area contributed by atoms with Gasteiger partial charge in [0.25, 0.3) is 5.91 Å². The monoisotopic (exact) mass is 541 g/mol. The Kier molecular flexibility index (Phi) is 6.35. The van der Waals surface area contributed by atoms with Crippen LogP contribution in [0.15, 0.2) is 62.5 Å². The molecule has 1 spiro atoms. The van der Waals surface area contributed by atoms with Crippen LogP contribution in [0.4, 0.5) is 9.18 Å². The quantitative estimate of drug-likeness (QED) is 0.419. The van der Waals surface area contributed by atoms with Crippen molar-refractivity contribution in [2.24, 2.45) is 11.0 Å². The van der Waals surface area contributed by atoms with E-state index in [-0.39, 0.29) is 17.8 Å². The number of carbonyl (C=O) groups excluding carboxylic acids is 2. The fourth-order valence-corrected chi connectivity index (χ4v) is 5.64. The number of halogens is 2. The predicted molar refractivity (Wildman–Crippen MR) is 133 cm³/mol. The number of fused-ring (bicyclic) bond motifs is 1. The number of ether oxygens (including phenoxy) is 1. The lowest BCUT2D eigenvalue weighted by molar-refractivity contribution is 0.0154. The van der Waals surface area contributed by atoms with Gasteiger partial charge < -0.3 is 14.5 Å². The van der Waals surface area contributed by atoms with Gasteiger partial charge in [0, 0.05) is 21.5 Å². The van der Waals surface area contributed by atoms with Crippen molar-refractivity contribution in [2.75, 3.05) is 0 Å². The Morgan fingerprint density at radius 1 is 1.26 bits per heavy atom. The molecule has 35 heavy (non-hydrogen) atoms. The minimum Gasteiger partial charge on any atom is -0.451 e. The van der Waals surface area contributed by atoms with E-state index in [2.05, 4.69) is 31.8 Å². The molecule has 1 aliphatic carbocycles. The molecule has 3 aromatic rings. The topological polar surface area (TPSA) is 92.9 Å². The van der Waals surface area contributed by atoms with Crippen molar-refractivity contribution in [3.8, 4) is 0 Å². The molecule has 9 heteroatoms. The first kappa shape index (κ1) is 23.5. The van der Waals surface area contributed by atoms with Crippen molar-refractivity contribution < 1.29 is 23.1 Å². The van der Waals surface area contributed by atoms with E-state index < -0.39 is 11.7 Å². The van der Waals surface area contributed by atoms with Crippen LogP contribution in [0.25, 0.3) is 11.0 Å². The van der Waals surface area contributed by atoms with Gasteiger partial charge in [-0.25, -0.2) is 14.6 Å². The number of carbonyl (C=O) groups is 2. The number of hydrazone groups is 1. The molecule has 0 unspecified atom stereocenters. The van der Waals surface area contributed by atoms with E-state index in [1.165, 1.54) is 12.1 Å². The summed E-state index contributed by atoms with van der Waals surface area (Å²) in [4.78, 5) is 24.7. The molecule has 1 atom stereocenters. The molecule has 0 radical (unpaired) electrons. The fraction of sp³-hybridized carbons (Fsp3) is 0.346. The van der Waals surface area contributed by atoms with Crippen molar-refractivity contribution in [3.63, 3.8) is 0 Å². The summed E-state index contributed by atoms with van der Waals surface area (Å²) in [6, 6.07) is 13.6. The van der Waals surface area contributed by atoms with E-state index in [0.29, 0.717) is 45.9 Å². The van der Waals surface area contributed by atoms with Crippen LogP contribution in [-0.2, 0) is 4.74 Å². The molecule has 1 aliphatic heterocycles. The van der Waals surface area contributed by atoms with Crippen LogP contribution in [0, 0.1) is 11.7 Å². The number of para-hydroxylation sites is 1. The third-order valence-corrected chi connectivity index (χ3v) is 7.45. The third-order valence-electron chi connectivity index (χ3n) is 6.79. The van der Waals surface area contributed by atoms with Crippen LogP contribution >= 0.6 is 15.9 Å². The maximum atomic E-state index is 13.6. The van der Waals surface area contributed by atoms with Gasteiger partial charge in [-0.15, -0.1) is 0 Å². The molecule has 2 aliphatic rings. The first-order chi connectivity index (χ1) is 16.8. The summed E-state index contributed by atoms with van der Waals surface area (Å²) in [6.45, 7) is 1.98. The Morgan fingerprint density at radius 2 is 2.03 bits per heavy atom. The van der Waals surface area contributed by atoms with Gasteiger partial charge in [-0.05, 0) is 75.3 Å². The van der Waals surface area contributed by atoms with E-state index in [9.17, 15) is 14.0 Å². The van der Waals surface area contributed by atoms with Crippen LogP contribution in [0.3, 0.4) is 0 Å². The average molecular weight is 542 g/mol. The molecule has 2 heterocycles. The van der Waals surface area contributed by atoms with Crippen molar-refractivity contribution in [1.82, 2.24) is 10.7 Å². The van der Waals surface area contributed by atoms with E-state index >= 15 is 0 Å². The molecular weight excluding hydrogens is 517 g/mol. The summed E-state index contributed by atoms with van der Waals surface area (Å²) < 4.78 is 25.6. The summed E-state index contributed by atoms with van der Waals surface area (Å²) in [5.41, 5.74) is 3.50. The number of nitrogens with one attached hydrogen (secondary N) is 2. The molecule has 2 amide bonds. The molecule has 7 nitrogen and oxygen atoms in total. The highest BCUT2D eigenvalue weighted by molar-refractivity contribution is 9.10. The lowest BCUT2D eigenvalue weighted by atomic mass is 9.73. The van der Waals surface area contributed by atoms with Crippen LogP contribution in [0.5, 0.6) is 0 Å². The van der Waals surface area contributed by atoms with Crippen molar-refractivity contribution >= 4 is 44.6 Å². The highest BCUT2D eigenvalue weighted by atomic mass is 79.9. The van der Waals surface area contributed by atoms with Crippen molar-refractivity contribution in [3.05, 3.63) is 70.1 Å². The van der Waals surface area contributed by atoms with Crippen LogP contribution in [0.1, 0.15) is 55.1 Å². The number of furan rings is 1. The molecular formula is C26H25BrFN3O4. The molecule has 1 aromatic heterocycles. The van der Waals surface area contributed by atoms with Gasteiger partial charge in [0.2, 0.25) is 0 Å². The van der Waals surface area contributed by atoms with Crippen molar-refractivity contribution in [1.29, 1.82) is 0 Å². The molecule has 0 bridgehead atoms. The summed E-state index contributed by atoms with van der Waals surface area (Å²) in [7, 11) is 0. The highest BCUT2D eigenvalue weighted by Gasteiger charge is 2.46. The van der Waals surface area contributed by atoms with E-state index in [4.69, 9.17) is 9.15 Å². The number of amides is 2. The number of hydrogen-bond acceptors (Lipinski definition) is 5. The second-order valence-corrected chi connectivity index (χ2v) is 10.1. The number of rotatable bonds is 5. The molecule has 5 rings (SSSR count). The van der Waals surface area contributed by atoms with Crippen LogP contribution in [-0.4, -0.2) is 29.4 Å². The van der Waals surface area contributed by atoms with Gasteiger partial charge in [0.05, 0.1) is 0 Å². The van der Waals surface area contributed by atoms with Gasteiger partial charge in [-0.2, -0.15) is 5.10 Å². The average Bonchev–Trinajstić information content (AvgIpc) is 3.26. The maximum absolute atomic E-state index is 13.6. The zero-order valence-electron chi connectivity index (χ0n) is 19.1. The fourth-order valence-electron chi connectivity index (χ4n) is 5.11. The Balaban J connectivity index is 1.23. The van der Waals surface area contributed by atoms with Gasteiger partial charge >= 0.3 is 6.09 Å². The van der Waals surface area contributed by atoms with Gasteiger partial charge in [0.1, 0.15) is 17.1 Å². The van der Waals surface area contributed by atoms with E-state index in [1.807, 2.05) is 31.2 Å². The van der Waals surface area contributed by atoms with Crippen LogP contribution < -0.4 is 10.7 Å². The van der Waals surface area contributed by atoms with Gasteiger partial charge in [-0.1, -0.05) is 34.1 Å². The standard InChI is InChI=1S/C26H25BrFN3O4/c1-15(29-24(32)22-13-17-4-2-3-5-21(17)34-22)12-16-8-10-26(11-9-16)23(30-31-25(33)35-26)19-7-6-18(28)14-20(19)27/h2-7,13-16H,8-12H2,1H3,(H,29,32)(H,31,33)/t15-,16?,26?/m0/s1. The second kappa shape index (κ2) is 9.45. The maximum Gasteiger partial charge on any atom is 0.428 e. The minimum atomic E-state index is -0.861. The summed E-state index contributed by atoms with van der Waals surface area (Å²) in [5, 5.41) is 8.23. The zero-order valence-corrected chi connectivity index (χ0v) is 20.7. The molecule has 182 valence electrons. The van der Waals surface area contributed by atoms with Crippen LogP contribution in [0.2, 0.25) is 0 Å². The number of benzene rings is 2. The summed E-state index contributed by atoms with van der Waals surface area (Å²) in [6.07, 6.45) is 3.00. The Bertz CT molecular complexity index is 1280. The largest absolute Gasteiger partial charge is 0.451 e. The summed E-state index contributed by atoms with van der Waals surface area (Å²) >= 11 is 3.41. The smallest absolute Gasteiger partial charge is 0.428 e. The molecule has 0 saturated heterocycles. The minimum absolute atomic E-state index is 0.0512. The van der Waals surface area contributed by atoms with Gasteiger partial charge in [-0.3, -0.25) is 4.79 Å². The highest BCUT2D eigenvalue weighted by Crippen LogP contribution is 2.41. The first-order valence-corrected chi connectivity index (χ1v) is 12.4. The second-order valence-electron chi connectivity index (χ2n) is 9.28. The predicted octanol–water partition coefficient (Wildman–Crippen LogP) is 5.92. The molecule has 2 N–H and O–H groups in total. The lowest BCUT2D eigenvalue weighted by Crippen LogP contribution is -2.52. The summed E-state index contributed by atoms with van der Waals surface area (Å²) in [5.74, 6) is 0.0494. The third kappa shape index (κ3) is 4.82. The number of hydrogen-bond donors (Lipinski definition) is 2.